The van der Waals surface area contributed by atoms with Crippen LogP contribution in [0.15, 0.2) is 34.9 Å². The van der Waals surface area contributed by atoms with Crippen LogP contribution in [0.5, 0.6) is 0 Å². The number of furan rings is 1. The van der Waals surface area contributed by atoms with E-state index in [1.54, 1.807) is 0 Å². The molecule has 2 aliphatic rings. The van der Waals surface area contributed by atoms with Gasteiger partial charge in [-0.15, -0.1) is 0 Å². The van der Waals surface area contributed by atoms with Gasteiger partial charge in [-0.05, 0) is 67.3 Å². The van der Waals surface area contributed by atoms with Gasteiger partial charge in [-0.2, -0.15) is 9.37 Å². The topological polar surface area (TPSA) is 29.9 Å². The lowest BCUT2D eigenvalue weighted by Gasteiger charge is -2.15. The van der Waals surface area contributed by atoms with Crippen LogP contribution in [0.2, 0.25) is 0 Å². The van der Waals surface area contributed by atoms with Crippen LogP contribution < -0.4 is 4.57 Å². The van der Waals surface area contributed by atoms with Crippen molar-refractivity contribution in [3.05, 3.63) is 58.9 Å². The summed E-state index contributed by atoms with van der Waals surface area (Å²) < 4.78 is 36.5. The van der Waals surface area contributed by atoms with Crippen LogP contribution >= 0.6 is 0 Å². The molecule has 0 radical (unpaired) electrons. The molecular weight excluding hydrogens is 358 g/mol. The average Bonchev–Trinajstić information content (AvgIpc) is 3.34. The molecule has 2 atom stereocenters. The quantitative estimate of drug-likeness (QED) is 0.327. The molecule has 1 saturated carbocycles. The highest BCUT2D eigenvalue weighted by atomic mass is 19.1. The number of hydrogen-bond acceptors (Lipinski definition) is 2. The highest BCUT2D eigenvalue weighted by Crippen LogP contribution is 2.53. The summed E-state index contributed by atoms with van der Waals surface area (Å²) in [7, 11) is 2.02. The van der Waals surface area contributed by atoms with Gasteiger partial charge in [-0.1, -0.05) is 0 Å². The summed E-state index contributed by atoms with van der Waals surface area (Å²) in [5, 5.41) is 0.864. The molecule has 2 aliphatic carbocycles. The Labute approximate surface area is 160 Å². The zero-order chi connectivity index (χ0) is 19.2. The van der Waals surface area contributed by atoms with E-state index >= 15 is 0 Å². The van der Waals surface area contributed by atoms with Crippen molar-refractivity contribution in [3.63, 3.8) is 0 Å². The van der Waals surface area contributed by atoms with Gasteiger partial charge in [0, 0.05) is 11.6 Å². The minimum Gasteiger partial charge on any atom is -0.437 e. The van der Waals surface area contributed by atoms with Crippen molar-refractivity contribution in [2.45, 2.75) is 38.0 Å². The predicted molar refractivity (Wildman–Crippen MR) is 102 cm³/mol. The highest BCUT2D eigenvalue weighted by molar-refractivity contribution is 6.09. The Balaban J connectivity index is 1.69. The molecule has 1 aromatic carbocycles. The standard InChI is InChI=1S/C23H19F2N2O/c1-11-7-17(24)21-14-5-6-19(25)26-23(14)28-22(21)20(11)18-9-15-12-3-4-13(8-12)16(15)10-27(18)2/h5-7,9-10,12-13H,3-4,8H2,1-2H3/q+1. The Morgan fingerprint density at radius 3 is 2.71 bits per heavy atom. The normalized spacial score (nSPS) is 20.4. The van der Waals surface area contributed by atoms with E-state index in [4.69, 9.17) is 4.42 Å². The van der Waals surface area contributed by atoms with Gasteiger partial charge in [0.05, 0.1) is 16.3 Å². The largest absolute Gasteiger partial charge is 0.437 e. The van der Waals surface area contributed by atoms with Gasteiger partial charge in [-0.25, -0.2) is 8.96 Å². The van der Waals surface area contributed by atoms with Gasteiger partial charge in [-0.3, -0.25) is 0 Å². The first-order valence-corrected chi connectivity index (χ1v) is 9.73. The number of rotatable bonds is 1. The van der Waals surface area contributed by atoms with Gasteiger partial charge in [0.1, 0.15) is 12.9 Å². The molecule has 1 fully saturated rings. The number of aryl methyl sites for hydroxylation is 2. The van der Waals surface area contributed by atoms with Crippen molar-refractivity contribution in [3.8, 4) is 11.3 Å². The molecule has 3 nitrogen and oxygen atoms in total. The monoisotopic (exact) mass is 377 g/mol. The summed E-state index contributed by atoms with van der Waals surface area (Å²) in [6.45, 7) is 1.89. The first kappa shape index (κ1) is 16.2. The molecule has 0 aliphatic heterocycles. The number of benzene rings is 1. The number of nitrogens with zero attached hydrogens (tertiary/aromatic N) is 2. The number of pyridine rings is 2. The van der Waals surface area contributed by atoms with Crippen LogP contribution in [0.3, 0.4) is 0 Å². The number of halogens is 2. The molecule has 140 valence electrons. The number of aromatic nitrogens is 2. The van der Waals surface area contributed by atoms with E-state index in [0.717, 1.165) is 16.8 Å². The maximum absolute atomic E-state index is 14.9. The second-order valence-electron chi connectivity index (χ2n) is 8.23. The molecule has 0 saturated heterocycles. The van der Waals surface area contributed by atoms with Gasteiger partial charge < -0.3 is 4.42 Å². The molecule has 3 heterocycles. The molecule has 2 unspecified atom stereocenters. The van der Waals surface area contributed by atoms with E-state index in [0.29, 0.717) is 28.2 Å². The average molecular weight is 377 g/mol. The second kappa shape index (κ2) is 5.37. The molecule has 4 aromatic rings. The third-order valence-corrected chi connectivity index (χ3v) is 6.63. The molecule has 0 N–H and O–H groups in total. The van der Waals surface area contributed by atoms with E-state index in [1.807, 2.05) is 14.0 Å². The summed E-state index contributed by atoms with van der Waals surface area (Å²) in [6, 6.07) is 6.56. The summed E-state index contributed by atoms with van der Waals surface area (Å²) >= 11 is 0. The van der Waals surface area contributed by atoms with Crippen molar-refractivity contribution in [2.24, 2.45) is 7.05 Å². The van der Waals surface area contributed by atoms with Crippen molar-refractivity contribution >= 4 is 22.1 Å². The molecular formula is C23H19F2N2O+. The first-order chi connectivity index (χ1) is 13.5. The van der Waals surface area contributed by atoms with Crippen molar-refractivity contribution in [1.82, 2.24) is 4.98 Å². The van der Waals surface area contributed by atoms with Crippen LogP contribution in [-0.2, 0) is 7.05 Å². The van der Waals surface area contributed by atoms with Crippen LogP contribution in [-0.4, -0.2) is 4.98 Å². The first-order valence-electron chi connectivity index (χ1n) is 9.73. The highest BCUT2D eigenvalue weighted by Gasteiger charge is 2.40. The molecule has 3 aromatic heterocycles. The Kier molecular flexibility index (Phi) is 3.10. The lowest BCUT2D eigenvalue weighted by Crippen LogP contribution is -2.32. The van der Waals surface area contributed by atoms with Crippen LogP contribution in [0.25, 0.3) is 33.3 Å². The van der Waals surface area contributed by atoms with Crippen LogP contribution in [0.1, 0.15) is 47.8 Å². The summed E-state index contributed by atoms with van der Waals surface area (Å²) in [6.07, 6.45) is 5.99. The Morgan fingerprint density at radius 2 is 1.89 bits per heavy atom. The Hall–Kier alpha value is -2.82. The van der Waals surface area contributed by atoms with Gasteiger partial charge >= 0.3 is 0 Å². The SMILES string of the molecule is Cc1cc(F)c2c(oc3nc(F)ccc32)c1-c1cc2c(c[n+]1C)C1CCC2C1. The molecule has 28 heavy (non-hydrogen) atoms. The maximum atomic E-state index is 14.9. The van der Waals surface area contributed by atoms with Crippen LogP contribution in [0.4, 0.5) is 8.78 Å². The fraction of sp³-hybridized carbons (Fsp3) is 0.304. The lowest BCUT2D eigenvalue weighted by molar-refractivity contribution is -0.660. The minimum atomic E-state index is -0.635. The molecule has 5 heteroatoms. The molecule has 0 spiro atoms. The van der Waals surface area contributed by atoms with E-state index in [2.05, 4.69) is 21.8 Å². The Morgan fingerprint density at radius 1 is 1.11 bits per heavy atom. The third kappa shape index (κ3) is 2.02. The third-order valence-electron chi connectivity index (χ3n) is 6.63. The summed E-state index contributed by atoms with van der Waals surface area (Å²) in [5.41, 5.74) is 6.07. The zero-order valence-electron chi connectivity index (χ0n) is 15.7. The molecule has 0 amide bonds. The van der Waals surface area contributed by atoms with Gasteiger partial charge in [0.25, 0.3) is 0 Å². The minimum absolute atomic E-state index is 0.128. The smallest absolute Gasteiger partial charge is 0.230 e. The van der Waals surface area contributed by atoms with Crippen LogP contribution in [0, 0.1) is 18.7 Å². The maximum Gasteiger partial charge on any atom is 0.230 e. The fourth-order valence-electron chi connectivity index (χ4n) is 5.38. The van der Waals surface area contributed by atoms with E-state index in [9.17, 15) is 8.78 Å². The van der Waals surface area contributed by atoms with Crippen molar-refractivity contribution in [2.75, 3.05) is 0 Å². The number of fused-ring (bicyclic) bond motifs is 8. The predicted octanol–water partition coefficient (Wildman–Crippen LogP) is 5.42. The molecule has 2 bridgehead atoms. The van der Waals surface area contributed by atoms with Gasteiger partial charge in [0.2, 0.25) is 17.4 Å². The fourth-order valence-corrected chi connectivity index (χ4v) is 5.38. The van der Waals surface area contributed by atoms with E-state index in [1.165, 1.54) is 48.6 Å². The Bertz CT molecular complexity index is 1310. The van der Waals surface area contributed by atoms with Crippen molar-refractivity contribution in [1.29, 1.82) is 0 Å². The summed E-state index contributed by atoms with van der Waals surface area (Å²) in [4.78, 5) is 3.82. The lowest BCUT2D eigenvalue weighted by atomic mass is 9.91. The molecule has 6 rings (SSSR count). The summed E-state index contributed by atoms with van der Waals surface area (Å²) in [5.74, 6) is 0.297. The van der Waals surface area contributed by atoms with E-state index in [-0.39, 0.29) is 11.5 Å². The van der Waals surface area contributed by atoms with E-state index < -0.39 is 5.95 Å². The zero-order valence-corrected chi connectivity index (χ0v) is 15.7. The van der Waals surface area contributed by atoms with Gasteiger partial charge in [0.15, 0.2) is 11.8 Å². The second-order valence-corrected chi connectivity index (χ2v) is 8.23. The van der Waals surface area contributed by atoms with Crippen molar-refractivity contribution < 1.29 is 17.8 Å². The number of hydrogen-bond donors (Lipinski definition) is 0.